The highest BCUT2D eigenvalue weighted by Crippen LogP contribution is 2.21. The molecule has 0 spiro atoms. The Kier molecular flexibility index (Phi) is 4.79. The summed E-state index contributed by atoms with van der Waals surface area (Å²) >= 11 is 1.70. The van der Waals surface area contributed by atoms with E-state index in [4.69, 9.17) is 4.74 Å². The van der Waals surface area contributed by atoms with Crippen molar-refractivity contribution in [1.82, 2.24) is 20.2 Å². The van der Waals surface area contributed by atoms with Gasteiger partial charge >= 0.3 is 0 Å². The average Bonchev–Trinajstić information content (AvgIpc) is 2.74. The highest BCUT2D eigenvalue weighted by atomic mass is 32.2. The summed E-state index contributed by atoms with van der Waals surface area (Å²) in [5, 5.41) is 12.7. The van der Waals surface area contributed by atoms with E-state index in [1.54, 1.807) is 11.8 Å². The molecule has 2 heterocycles. The molecule has 5 nitrogen and oxygen atoms in total. The van der Waals surface area contributed by atoms with Gasteiger partial charge in [0.2, 0.25) is 5.16 Å². The molecule has 0 amide bonds. The van der Waals surface area contributed by atoms with Crippen LogP contribution >= 0.6 is 11.8 Å². The van der Waals surface area contributed by atoms with Crippen LogP contribution in [0.5, 0.6) is 0 Å². The zero-order chi connectivity index (χ0) is 12.1. The number of rotatable bonds is 5. The third kappa shape index (κ3) is 3.96. The maximum atomic E-state index is 5.70. The quantitative estimate of drug-likeness (QED) is 0.754. The van der Waals surface area contributed by atoms with E-state index < -0.39 is 0 Å². The smallest absolute Gasteiger partial charge is 0.209 e. The van der Waals surface area contributed by atoms with Crippen LogP contribution in [0.1, 0.15) is 33.1 Å². The van der Waals surface area contributed by atoms with Crippen molar-refractivity contribution in [1.29, 1.82) is 0 Å². The van der Waals surface area contributed by atoms with Crippen molar-refractivity contribution in [2.75, 3.05) is 12.4 Å². The van der Waals surface area contributed by atoms with Crippen LogP contribution in [0.25, 0.3) is 0 Å². The lowest BCUT2D eigenvalue weighted by Crippen LogP contribution is -2.21. The lowest BCUT2D eigenvalue weighted by molar-refractivity contribution is 0.0315. The molecule has 1 aromatic rings. The molecule has 6 heteroatoms. The second kappa shape index (κ2) is 6.35. The Labute approximate surface area is 106 Å². The van der Waals surface area contributed by atoms with Crippen LogP contribution < -0.4 is 0 Å². The Morgan fingerprint density at radius 2 is 2.35 bits per heavy atom. The highest BCUT2D eigenvalue weighted by Gasteiger charge is 2.16. The van der Waals surface area contributed by atoms with Gasteiger partial charge in [0.15, 0.2) is 0 Å². The van der Waals surface area contributed by atoms with Crippen molar-refractivity contribution in [3.63, 3.8) is 0 Å². The van der Waals surface area contributed by atoms with Gasteiger partial charge in [-0.05, 0) is 35.6 Å². The molecule has 0 aromatic carbocycles. The monoisotopic (exact) mass is 256 g/mol. The van der Waals surface area contributed by atoms with Crippen molar-refractivity contribution in [2.24, 2.45) is 5.92 Å². The summed E-state index contributed by atoms with van der Waals surface area (Å²) in [6.45, 7) is 6.11. The van der Waals surface area contributed by atoms with E-state index >= 15 is 0 Å². The Bertz CT molecular complexity index is 336. The third-order valence-electron chi connectivity index (χ3n) is 2.71. The number of tetrazole rings is 1. The summed E-state index contributed by atoms with van der Waals surface area (Å²) in [4.78, 5) is 0. The van der Waals surface area contributed by atoms with Crippen LogP contribution in [0.15, 0.2) is 5.16 Å². The predicted molar refractivity (Wildman–Crippen MR) is 67.0 cm³/mol. The Morgan fingerprint density at radius 1 is 1.47 bits per heavy atom. The molecule has 1 saturated heterocycles. The van der Waals surface area contributed by atoms with Crippen LogP contribution in [0.4, 0.5) is 0 Å². The summed E-state index contributed by atoms with van der Waals surface area (Å²) in [7, 11) is 0. The van der Waals surface area contributed by atoms with Crippen LogP contribution in [0.2, 0.25) is 0 Å². The van der Waals surface area contributed by atoms with E-state index in [1.165, 1.54) is 19.3 Å². The first kappa shape index (κ1) is 12.8. The van der Waals surface area contributed by atoms with Crippen LogP contribution in [-0.2, 0) is 11.3 Å². The number of ether oxygens (including phenoxy) is 1. The lowest BCUT2D eigenvalue weighted by Gasteiger charge is -2.21. The van der Waals surface area contributed by atoms with Gasteiger partial charge in [-0.25, -0.2) is 4.68 Å². The molecule has 0 saturated carbocycles. The molecule has 0 aliphatic carbocycles. The minimum Gasteiger partial charge on any atom is -0.377 e. The first-order chi connectivity index (χ1) is 8.25. The van der Waals surface area contributed by atoms with E-state index in [-0.39, 0.29) is 0 Å². The zero-order valence-corrected chi connectivity index (χ0v) is 11.3. The second-order valence-corrected chi connectivity index (χ2v) is 5.82. The molecule has 1 fully saturated rings. The normalized spacial score (nSPS) is 21.0. The number of hydrogen-bond acceptors (Lipinski definition) is 5. The van der Waals surface area contributed by atoms with Gasteiger partial charge in [-0.3, -0.25) is 0 Å². The Balaban J connectivity index is 1.83. The van der Waals surface area contributed by atoms with E-state index in [0.29, 0.717) is 12.0 Å². The Hall–Kier alpha value is -0.620. The molecule has 0 N–H and O–H groups in total. The number of nitrogens with zero attached hydrogens (tertiary/aromatic N) is 4. The summed E-state index contributed by atoms with van der Waals surface area (Å²) in [5.41, 5.74) is 0. The maximum absolute atomic E-state index is 5.70. The molecule has 1 aliphatic rings. The molecule has 96 valence electrons. The predicted octanol–water partition coefficient (Wildman–Crippen LogP) is 1.99. The molecular formula is C11H20N4OS. The molecule has 1 aliphatic heterocycles. The fourth-order valence-electron chi connectivity index (χ4n) is 1.87. The second-order valence-electron chi connectivity index (χ2n) is 4.84. The van der Waals surface area contributed by atoms with Crippen molar-refractivity contribution < 1.29 is 4.74 Å². The topological polar surface area (TPSA) is 52.8 Å². The van der Waals surface area contributed by atoms with Gasteiger partial charge in [0.05, 0.1) is 6.10 Å². The summed E-state index contributed by atoms with van der Waals surface area (Å²) in [5.74, 6) is 1.52. The number of hydrogen-bond donors (Lipinski definition) is 0. The van der Waals surface area contributed by atoms with Crippen molar-refractivity contribution in [2.45, 2.75) is 50.9 Å². The summed E-state index contributed by atoms with van der Waals surface area (Å²) < 4.78 is 7.59. The SMILES string of the molecule is CC(C)Cn1nnnc1SCC1CCCCO1. The van der Waals surface area contributed by atoms with Crippen LogP contribution in [-0.4, -0.2) is 38.7 Å². The molecule has 1 atom stereocenters. The Morgan fingerprint density at radius 3 is 3.06 bits per heavy atom. The molecule has 0 radical (unpaired) electrons. The van der Waals surface area contributed by atoms with Gasteiger partial charge in [-0.1, -0.05) is 25.6 Å². The third-order valence-corrected chi connectivity index (χ3v) is 3.80. The van der Waals surface area contributed by atoms with E-state index in [1.807, 2.05) is 4.68 Å². The van der Waals surface area contributed by atoms with Crippen molar-refractivity contribution >= 4 is 11.8 Å². The van der Waals surface area contributed by atoms with Gasteiger partial charge in [-0.15, -0.1) is 5.10 Å². The number of aromatic nitrogens is 4. The first-order valence-corrected chi connectivity index (χ1v) is 7.25. The minimum absolute atomic E-state index is 0.373. The van der Waals surface area contributed by atoms with E-state index in [9.17, 15) is 0 Å². The van der Waals surface area contributed by atoms with Crippen LogP contribution in [0.3, 0.4) is 0 Å². The maximum Gasteiger partial charge on any atom is 0.209 e. The molecule has 17 heavy (non-hydrogen) atoms. The van der Waals surface area contributed by atoms with E-state index in [0.717, 1.165) is 24.1 Å². The molecule has 0 bridgehead atoms. The van der Waals surface area contributed by atoms with Crippen molar-refractivity contribution in [3.05, 3.63) is 0 Å². The fourth-order valence-corrected chi connectivity index (χ4v) is 2.82. The zero-order valence-electron chi connectivity index (χ0n) is 10.5. The summed E-state index contributed by atoms with van der Waals surface area (Å²) in [6, 6.07) is 0. The summed E-state index contributed by atoms with van der Waals surface area (Å²) in [6.07, 6.45) is 4.02. The van der Waals surface area contributed by atoms with Gasteiger partial charge in [0.25, 0.3) is 0 Å². The minimum atomic E-state index is 0.373. The number of thioether (sulfide) groups is 1. The van der Waals surface area contributed by atoms with E-state index in [2.05, 4.69) is 29.4 Å². The molecular weight excluding hydrogens is 236 g/mol. The lowest BCUT2D eigenvalue weighted by atomic mass is 10.1. The van der Waals surface area contributed by atoms with Gasteiger partial charge in [-0.2, -0.15) is 0 Å². The largest absolute Gasteiger partial charge is 0.377 e. The first-order valence-electron chi connectivity index (χ1n) is 6.26. The molecule has 1 unspecified atom stereocenters. The van der Waals surface area contributed by atoms with Gasteiger partial charge in [0.1, 0.15) is 0 Å². The van der Waals surface area contributed by atoms with Gasteiger partial charge in [0, 0.05) is 18.9 Å². The molecule has 1 aromatic heterocycles. The van der Waals surface area contributed by atoms with Crippen LogP contribution in [0, 0.1) is 5.92 Å². The van der Waals surface area contributed by atoms with Gasteiger partial charge < -0.3 is 4.74 Å². The molecule has 2 rings (SSSR count). The standard InChI is InChI=1S/C11H20N4OS/c1-9(2)7-15-11(12-13-14-15)17-8-10-5-3-4-6-16-10/h9-10H,3-8H2,1-2H3. The van der Waals surface area contributed by atoms with Crippen molar-refractivity contribution in [3.8, 4) is 0 Å². The average molecular weight is 256 g/mol. The fraction of sp³-hybridized carbons (Fsp3) is 0.909. The highest BCUT2D eigenvalue weighted by molar-refractivity contribution is 7.99.